The number of nitrogens with two attached hydrogens (primary N) is 1. The number of pyridine rings is 1. The number of fused-ring (bicyclic) bond motifs is 1. The predicted octanol–water partition coefficient (Wildman–Crippen LogP) is 4.91. The molecule has 0 atom stereocenters. The second-order valence-electron chi connectivity index (χ2n) is 4.59. The average Bonchev–Trinajstić information content (AvgIpc) is 2.50. The number of hydrogen-bond donors (Lipinski definition) is 1. The van der Waals surface area contributed by atoms with Crippen LogP contribution in [-0.4, -0.2) is 12.1 Å². The van der Waals surface area contributed by atoms with Crippen LogP contribution in [-0.2, 0) is 0 Å². The zero-order valence-corrected chi connectivity index (χ0v) is 13.6. The molecule has 5 heteroatoms. The molecular formula is C16H12BrClN2O. The fourth-order valence-electron chi connectivity index (χ4n) is 2.34. The third-order valence-corrected chi connectivity index (χ3v) is 4.26. The van der Waals surface area contributed by atoms with Crippen molar-refractivity contribution in [1.29, 1.82) is 0 Å². The summed E-state index contributed by atoms with van der Waals surface area (Å²) in [7, 11) is 1.64. The van der Waals surface area contributed by atoms with Gasteiger partial charge >= 0.3 is 0 Å². The number of aromatic nitrogens is 1. The molecule has 0 aliphatic carbocycles. The Kier molecular flexibility index (Phi) is 3.74. The molecule has 3 nitrogen and oxygen atoms in total. The van der Waals surface area contributed by atoms with E-state index in [0.717, 1.165) is 32.1 Å². The van der Waals surface area contributed by atoms with Gasteiger partial charge in [0.2, 0.25) is 0 Å². The van der Waals surface area contributed by atoms with Gasteiger partial charge in [0.15, 0.2) is 5.15 Å². The second-order valence-corrected chi connectivity index (χ2v) is 5.80. The minimum Gasteiger partial charge on any atom is -0.496 e. The van der Waals surface area contributed by atoms with Crippen molar-refractivity contribution in [3.63, 3.8) is 0 Å². The average molecular weight is 364 g/mol. The molecule has 2 aromatic carbocycles. The summed E-state index contributed by atoms with van der Waals surface area (Å²) in [4.78, 5) is 4.03. The van der Waals surface area contributed by atoms with Crippen LogP contribution in [0.5, 0.6) is 5.75 Å². The molecule has 0 amide bonds. The van der Waals surface area contributed by atoms with Gasteiger partial charge in [0.1, 0.15) is 5.75 Å². The van der Waals surface area contributed by atoms with E-state index < -0.39 is 0 Å². The number of hydrogen-bond acceptors (Lipinski definition) is 3. The molecule has 0 fully saturated rings. The third kappa shape index (κ3) is 2.45. The summed E-state index contributed by atoms with van der Waals surface area (Å²) >= 11 is 9.54. The van der Waals surface area contributed by atoms with Crippen molar-refractivity contribution in [3.8, 4) is 16.9 Å². The number of benzene rings is 2. The normalized spacial score (nSPS) is 10.8. The van der Waals surface area contributed by atoms with Gasteiger partial charge in [-0.1, -0.05) is 35.9 Å². The third-order valence-electron chi connectivity index (χ3n) is 3.36. The van der Waals surface area contributed by atoms with Crippen molar-refractivity contribution >= 4 is 44.0 Å². The molecule has 2 N–H and O–H groups in total. The molecule has 0 saturated carbocycles. The zero-order valence-electron chi connectivity index (χ0n) is 11.2. The van der Waals surface area contributed by atoms with Crippen LogP contribution in [0.15, 0.2) is 47.1 Å². The van der Waals surface area contributed by atoms with Crippen LogP contribution >= 0.6 is 27.5 Å². The lowest BCUT2D eigenvalue weighted by atomic mass is 10.00. The quantitative estimate of drug-likeness (QED) is 0.658. The van der Waals surface area contributed by atoms with E-state index in [4.69, 9.17) is 22.1 Å². The molecule has 106 valence electrons. The van der Waals surface area contributed by atoms with E-state index in [-0.39, 0.29) is 5.15 Å². The fraction of sp³-hybridized carbons (Fsp3) is 0.0625. The summed E-state index contributed by atoms with van der Waals surface area (Å²) in [6.45, 7) is 0. The van der Waals surface area contributed by atoms with Gasteiger partial charge in [-0.15, -0.1) is 0 Å². The Morgan fingerprint density at radius 3 is 2.52 bits per heavy atom. The molecule has 0 bridgehead atoms. The molecule has 0 radical (unpaired) electrons. The predicted molar refractivity (Wildman–Crippen MR) is 90.9 cm³/mol. The second kappa shape index (κ2) is 5.54. The minimum absolute atomic E-state index is 0.281. The first kappa shape index (κ1) is 14.2. The number of rotatable bonds is 2. The van der Waals surface area contributed by atoms with Crippen LogP contribution in [0.2, 0.25) is 5.15 Å². The number of ether oxygens (including phenoxy) is 1. The Hall–Kier alpha value is -1.78. The molecule has 3 aromatic rings. The maximum Gasteiger partial charge on any atom is 0.152 e. The minimum atomic E-state index is 0.281. The molecule has 0 aliphatic rings. The van der Waals surface area contributed by atoms with Crippen molar-refractivity contribution in [1.82, 2.24) is 4.98 Å². The number of anilines is 1. The Bertz CT molecular complexity index is 836. The van der Waals surface area contributed by atoms with Crippen LogP contribution in [0, 0.1) is 0 Å². The first-order valence-corrected chi connectivity index (χ1v) is 7.45. The Balaban J connectivity index is 2.36. The lowest BCUT2D eigenvalue weighted by molar-refractivity contribution is 0.417. The van der Waals surface area contributed by atoms with Gasteiger partial charge in [0.05, 0.1) is 12.8 Å². The molecule has 1 aromatic heterocycles. The number of halogens is 2. The maximum atomic E-state index is 6.10. The summed E-state index contributed by atoms with van der Waals surface area (Å²) < 4.78 is 6.29. The summed E-state index contributed by atoms with van der Waals surface area (Å²) in [5.74, 6) is 0.739. The van der Waals surface area contributed by atoms with E-state index in [1.165, 1.54) is 0 Å². The van der Waals surface area contributed by atoms with Crippen LogP contribution in [0.25, 0.3) is 21.9 Å². The van der Waals surface area contributed by atoms with Crippen LogP contribution in [0.4, 0.5) is 5.69 Å². The highest BCUT2D eigenvalue weighted by Gasteiger charge is 2.16. The highest BCUT2D eigenvalue weighted by Crippen LogP contribution is 2.42. The number of nitrogens with zero attached hydrogens (tertiary/aromatic N) is 1. The van der Waals surface area contributed by atoms with Gasteiger partial charge in [0.25, 0.3) is 0 Å². The number of nitrogen functional groups attached to an aromatic ring is 1. The highest BCUT2D eigenvalue weighted by molar-refractivity contribution is 9.10. The molecule has 0 aliphatic heterocycles. The van der Waals surface area contributed by atoms with Crippen molar-refractivity contribution in [2.75, 3.05) is 12.8 Å². The highest BCUT2D eigenvalue weighted by atomic mass is 79.9. The smallest absolute Gasteiger partial charge is 0.152 e. The largest absolute Gasteiger partial charge is 0.496 e. The van der Waals surface area contributed by atoms with Gasteiger partial charge in [-0.05, 0) is 38.8 Å². The van der Waals surface area contributed by atoms with E-state index in [9.17, 15) is 0 Å². The van der Waals surface area contributed by atoms with Crippen molar-refractivity contribution in [2.24, 2.45) is 0 Å². The molecule has 0 unspecified atom stereocenters. The zero-order chi connectivity index (χ0) is 15.0. The van der Waals surface area contributed by atoms with E-state index in [1.807, 2.05) is 36.4 Å². The van der Waals surface area contributed by atoms with E-state index in [2.05, 4.69) is 20.9 Å². The van der Waals surface area contributed by atoms with Gasteiger partial charge in [-0.25, -0.2) is 4.98 Å². The van der Waals surface area contributed by atoms with Crippen LogP contribution in [0.3, 0.4) is 0 Å². The monoisotopic (exact) mass is 362 g/mol. The number of methoxy groups -OCH3 is 1. The summed E-state index contributed by atoms with van der Waals surface area (Å²) in [6.07, 6.45) is 1.64. The summed E-state index contributed by atoms with van der Waals surface area (Å²) in [5, 5.41) is 2.49. The Morgan fingerprint density at radius 1 is 1.19 bits per heavy atom. The summed E-state index contributed by atoms with van der Waals surface area (Å²) in [5.41, 5.74) is 8.20. The molecular weight excluding hydrogens is 352 g/mol. The maximum absolute atomic E-state index is 6.10. The van der Waals surface area contributed by atoms with Gasteiger partial charge in [-0.2, -0.15) is 0 Å². The molecule has 3 rings (SSSR count). The molecule has 0 saturated heterocycles. The van der Waals surface area contributed by atoms with E-state index >= 15 is 0 Å². The first-order chi connectivity index (χ1) is 10.1. The van der Waals surface area contributed by atoms with Crippen LogP contribution < -0.4 is 10.5 Å². The van der Waals surface area contributed by atoms with Crippen molar-refractivity contribution in [3.05, 3.63) is 52.2 Å². The van der Waals surface area contributed by atoms with Crippen molar-refractivity contribution in [2.45, 2.75) is 0 Å². The van der Waals surface area contributed by atoms with Crippen molar-refractivity contribution < 1.29 is 4.74 Å². The SMILES string of the molecule is COc1cc2ccccc2cc1-c1c(Br)cnc(Cl)c1N. The van der Waals surface area contributed by atoms with E-state index in [1.54, 1.807) is 13.3 Å². The van der Waals surface area contributed by atoms with Gasteiger partial charge < -0.3 is 10.5 Å². The molecule has 0 spiro atoms. The Labute approximate surface area is 135 Å². The fourth-order valence-corrected chi connectivity index (χ4v) is 3.01. The van der Waals surface area contributed by atoms with Crippen LogP contribution in [0.1, 0.15) is 0 Å². The Morgan fingerprint density at radius 2 is 1.86 bits per heavy atom. The topological polar surface area (TPSA) is 48.1 Å². The summed E-state index contributed by atoms with van der Waals surface area (Å²) in [6, 6.07) is 12.1. The first-order valence-electron chi connectivity index (χ1n) is 6.28. The molecule has 1 heterocycles. The standard InChI is InChI=1S/C16H12BrClN2O/c1-21-13-7-10-5-3-2-4-9(10)6-11(13)14-12(17)8-20-16(18)15(14)19/h2-8H,19H2,1H3. The van der Waals surface area contributed by atoms with Gasteiger partial charge in [-0.3, -0.25) is 0 Å². The lowest BCUT2D eigenvalue weighted by Crippen LogP contribution is -1.97. The molecule has 21 heavy (non-hydrogen) atoms. The lowest BCUT2D eigenvalue weighted by Gasteiger charge is -2.14. The van der Waals surface area contributed by atoms with Gasteiger partial charge in [0, 0.05) is 21.8 Å². The van der Waals surface area contributed by atoms with E-state index in [0.29, 0.717) is 5.69 Å².